The van der Waals surface area contributed by atoms with Gasteiger partial charge in [-0.3, -0.25) is 4.79 Å². The molecule has 2 nitrogen and oxygen atoms in total. The van der Waals surface area contributed by atoms with Crippen molar-refractivity contribution in [2.75, 3.05) is 13.1 Å². The second-order valence-electron chi connectivity index (χ2n) is 4.61. The van der Waals surface area contributed by atoms with E-state index in [1.54, 1.807) is 0 Å². The van der Waals surface area contributed by atoms with E-state index in [0.717, 1.165) is 31.8 Å². The Morgan fingerprint density at radius 1 is 1.29 bits per heavy atom. The molecule has 1 amide bonds. The van der Waals surface area contributed by atoms with Crippen molar-refractivity contribution < 1.29 is 4.79 Å². The maximum Gasteiger partial charge on any atom is 0.225 e. The highest BCUT2D eigenvalue weighted by atomic mass is 79.9. The highest BCUT2D eigenvalue weighted by Crippen LogP contribution is 2.33. The van der Waals surface area contributed by atoms with Gasteiger partial charge in [0.15, 0.2) is 0 Å². The highest BCUT2D eigenvalue weighted by molar-refractivity contribution is 9.09. The zero-order chi connectivity index (χ0) is 10.1. The normalized spacial score (nSPS) is 26.3. The number of likely N-dealkylation sites (tertiary alicyclic amines) is 1. The van der Waals surface area contributed by atoms with E-state index in [1.807, 2.05) is 0 Å². The Labute approximate surface area is 94.2 Å². The lowest BCUT2D eigenvalue weighted by molar-refractivity contribution is -0.133. The number of rotatable bonds is 2. The number of alkyl halides is 1. The van der Waals surface area contributed by atoms with Gasteiger partial charge in [0.1, 0.15) is 0 Å². The molecule has 1 aliphatic carbocycles. The summed E-state index contributed by atoms with van der Waals surface area (Å²) in [7, 11) is 0. The summed E-state index contributed by atoms with van der Waals surface area (Å²) in [6, 6.07) is 0. The molecule has 1 atom stereocenters. The first kappa shape index (κ1) is 10.5. The molecule has 1 saturated carbocycles. The lowest BCUT2D eigenvalue weighted by atomic mass is 9.94. The van der Waals surface area contributed by atoms with Gasteiger partial charge in [-0.2, -0.15) is 0 Å². The molecular formula is C11H18BrNO. The van der Waals surface area contributed by atoms with Crippen molar-refractivity contribution in [3.05, 3.63) is 0 Å². The molecule has 1 aliphatic heterocycles. The van der Waals surface area contributed by atoms with Crippen LogP contribution in [0.1, 0.15) is 32.6 Å². The Morgan fingerprint density at radius 3 is 2.29 bits per heavy atom. The van der Waals surface area contributed by atoms with Crippen LogP contribution >= 0.6 is 15.9 Å². The Morgan fingerprint density at radius 2 is 1.86 bits per heavy atom. The van der Waals surface area contributed by atoms with Crippen LogP contribution in [0.25, 0.3) is 0 Å². The standard InChI is InChI=1S/C11H18BrNO/c1-8(12)9-4-6-13(7-5-9)11(14)10-2-3-10/h8-10H,2-7H2,1H3. The summed E-state index contributed by atoms with van der Waals surface area (Å²) in [5, 5.41) is 0. The van der Waals surface area contributed by atoms with Gasteiger partial charge in [-0.1, -0.05) is 22.9 Å². The SMILES string of the molecule is CC(Br)C1CCN(C(=O)C2CC2)CC1. The van der Waals surface area contributed by atoms with Crippen LogP contribution < -0.4 is 0 Å². The third-order valence-electron chi connectivity index (χ3n) is 3.43. The molecule has 0 N–H and O–H groups in total. The summed E-state index contributed by atoms with van der Waals surface area (Å²) in [5.41, 5.74) is 0. The van der Waals surface area contributed by atoms with Gasteiger partial charge >= 0.3 is 0 Å². The summed E-state index contributed by atoms with van der Waals surface area (Å²) < 4.78 is 0. The van der Waals surface area contributed by atoms with Crippen molar-refractivity contribution in [1.29, 1.82) is 0 Å². The Hall–Kier alpha value is -0.0500. The molecular weight excluding hydrogens is 242 g/mol. The molecule has 3 heteroatoms. The van der Waals surface area contributed by atoms with Crippen LogP contribution in [0.4, 0.5) is 0 Å². The molecule has 1 heterocycles. The highest BCUT2D eigenvalue weighted by Gasteiger charge is 2.35. The van der Waals surface area contributed by atoms with E-state index in [9.17, 15) is 4.79 Å². The zero-order valence-corrected chi connectivity index (χ0v) is 10.3. The van der Waals surface area contributed by atoms with Crippen molar-refractivity contribution in [3.63, 3.8) is 0 Å². The maximum absolute atomic E-state index is 11.8. The second kappa shape index (κ2) is 4.21. The Kier molecular flexibility index (Phi) is 3.15. The van der Waals surface area contributed by atoms with Gasteiger partial charge in [0.05, 0.1) is 0 Å². The van der Waals surface area contributed by atoms with Gasteiger partial charge in [-0.15, -0.1) is 0 Å². The summed E-state index contributed by atoms with van der Waals surface area (Å²) in [6.45, 7) is 4.18. The number of carbonyl (C=O) groups excluding carboxylic acids is 1. The molecule has 0 spiro atoms. The number of piperidine rings is 1. The van der Waals surface area contributed by atoms with E-state index in [-0.39, 0.29) is 0 Å². The monoisotopic (exact) mass is 259 g/mol. The largest absolute Gasteiger partial charge is 0.342 e. The number of hydrogen-bond donors (Lipinski definition) is 0. The quantitative estimate of drug-likeness (QED) is 0.698. The van der Waals surface area contributed by atoms with E-state index in [4.69, 9.17) is 0 Å². The van der Waals surface area contributed by atoms with Crippen LogP contribution in [0.3, 0.4) is 0 Å². The minimum Gasteiger partial charge on any atom is -0.342 e. The molecule has 0 aromatic heterocycles. The average molecular weight is 260 g/mol. The smallest absolute Gasteiger partial charge is 0.225 e. The molecule has 0 bridgehead atoms. The van der Waals surface area contributed by atoms with Crippen molar-refractivity contribution in [2.45, 2.75) is 37.4 Å². The van der Waals surface area contributed by atoms with E-state index in [2.05, 4.69) is 27.8 Å². The fourth-order valence-corrected chi connectivity index (χ4v) is 2.70. The van der Waals surface area contributed by atoms with Crippen molar-refractivity contribution in [2.24, 2.45) is 11.8 Å². The third kappa shape index (κ3) is 2.30. The minimum absolute atomic E-state index is 0.396. The van der Waals surface area contributed by atoms with Gasteiger partial charge in [0.2, 0.25) is 5.91 Å². The number of carbonyl (C=O) groups is 1. The summed E-state index contributed by atoms with van der Waals surface area (Å²) in [4.78, 5) is 14.4. The topological polar surface area (TPSA) is 20.3 Å². The van der Waals surface area contributed by atoms with Gasteiger partial charge in [-0.25, -0.2) is 0 Å². The molecule has 0 aromatic rings. The number of amides is 1. The van der Waals surface area contributed by atoms with Crippen LogP contribution in [-0.2, 0) is 4.79 Å². The first-order valence-electron chi connectivity index (χ1n) is 5.61. The van der Waals surface area contributed by atoms with Crippen LogP contribution in [0.5, 0.6) is 0 Å². The van der Waals surface area contributed by atoms with E-state index >= 15 is 0 Å². The summed E-state index contributed by atoms with van der Waals surface area (Å²) in [6.07, 6.45) is 4.61. The van der Waals surface area contributed by atoms with Crippen molar-refractivity contribution in [3.8, 4) is 0 Å². The molecule has 1 unspecified atom stereocenters. The predicted octanol–water partition coefficient (Wildman–Crippen LogP) is 2.42. The van der Waals surface area contributed by atoms with Gasteiger partial charge in [0, 0.05) is 23.8 Å². The van der Waals surface area contributed by atoms with Gasteiger partial charge < -0.3 is 4.90 Å². The first-order valence-corrected chi connectivity index (χ1v) is 6.53. The third-order valence-corrected chi connectivity index (χ3v) is 4.18. The van der Waals surface area contributed by atoms with Crippen LogP contribution in [0.2, 0.25) is 0 Å². The molecule has 0 radical (unpaired) electrons. The lowest BCUT2D eigenvalue weighted by Crippen LogP contribution is -2.40. The van der Waals surface area contributed by atoms with E-state index < -0.39 is 0 Å². The summed E-state index contributed by atoms with van der Waals surface area (Å²) >= 11 is 3.63. The maximum atomic E-state index is 11.8. The number of halogens is 1. The molecule has 1 saturated heterocycles. The fraction of sp³-hybridized carbons (Fsp3) is 0.909. The lowest BCUT2D eigenvalue weighted by Gasteiger charge is -2.33. The van der Waals surface area contributed by atoms with Crippen molar-refractivity contribution in [1.82, 2.24) is 4.90 Å². The number of hydrogen-bond acceptors (Lipinski definition) is 1. The Balaban J connectivity index is 1.80. The van der Waals surface area contributed by atoms with Crippen molar-refractivity contribution >= 4 is 21.8 Å². The molecule has 0 aromatic carbocycles. The Bertz CT molecular complexity index is 217. The molecule has 2 fully saturated rings. The number of nitrogens with zero attached hydrogens (tertiary/aromatic N) is 1. The molecule has 80 valence electrons. The molecule has 14 heavy (non-hydrogen) atoms. The fourth-order valence-electron chi connectivity index (χ4n) is 2.17. The zero-order valence-electron chi connectivity index (χ0n) is 8.71. The average Bonchev–Trinajstić information content (AvgIpc) is 3.00. The molecule has 2 aliphatic rings. The minimum atomic E-state index is 0.396. The summed E-state index contributed by atoms with van der Waals surface area (Å²) in [5.74, 6) is 1.58. The second-order valence-corrected chi connectivity index (χ2v) is 6.06. The van der Waals surface area contributed by atoms with Crippen LogP contribution in [-0.4, -0.2) is 28.7 Å². The van der Waals surface area contributed by atoms with Crippen LogP contribution in [0.15, 0.2) is 0 Å². The van der Waals surface area contributed by atoms with Gasteiger partial charge in [0.25, 0.3) is 0 Å². The first-order chi connectivity index (χ1) is 6.68. The molecule has 2 rings (SSSR count). The van der Waals surface area contributed by atoms with E-state index in [1.165, 1.54) is 12.8 Å². The van der Waals surface area contributed by atoms with E-state index in [0.29, 0.717) is 16.7 Å². The predicted molar refractivity (Wildman–Crippen MR) is 60.4 cm³/mol. The van der Waals surface area contributed by atoms with Crippen LogP contribution in [0, 0.1) is 11.8 Å². The van der Waals surface area contributed by atoms with Gasteiger partial charge in [-0.05, 0) is 31.6 Å².